The molecule has 0 aliphatic rings. The van der Waals surface area contributed by atoms with Gasteiger partial charge >= 0.3 is 0 Å². The molecule has 0 spiro atoms. The molecule has 0 atom stereocenters. The molecule has 0 saturated carbocycles. The normalized spacial score (nSPS) is 10.9. The highest BCUT2D eigenvalue weighted by molar-refractivity contribution is 7.99. The van der Waals surface area contributed by atoms with Gasteiger partial charge in [0.25, 0.3) is 0 Å². The van der Waals surface area contributed by atoms with Crippen LogP contribution in [0.15, 0.2) is 41.6 Å². The van der Waals surface area contributed by atoms with Crippen molar-refractivity contribution in [2.45, 2.75) is 52.2 Å². The van der Waals surface area contributed by atoms with E-state index in [9.17, 15) is 4.79 Å². The molecule has 3 aromatic rings. The average molecular weight is 473 g/mol. The Labute approximate surface area is 198 Å². The molecule has 0 saturated heterocycles. The van der Waals surface area contributed by atoms with E-state index in [1.807, 2.05) is 57.2 Å². The van der Waals surface area contributed by atoms with Gasteiger partial charge in [0.1, 0.15) is 11.6 Å². The van der Waals surface area contributed by atoms with Crippen molar-refractivity contribution < 1.29 is 9.53 Å². The van der Waals surface area contributed by atoms with Crippen molar-refractivity contribution >= 4 is 35.0 Å². The number of benzene rings is 2. The molecule has 2 aromatic carbocycles. The second-order valence-corrected chi connectivity index (χ2v) is 8.97. The number of amides is 1. The van der Waals surface area contributed by atoms with E-state index in [0.717, 1.165) is 58.5 Å². The van der Waals surface area contributed by atoms with E-state index in [1.54, 1.807) is 0 Å². The lowest BCUT2D eigenvalue weighted by Crippen LogP contribution is -2.15. The molecule has 1 heterocycles. The Hall–Kier alpha value is -2.51. The molecule has 0 aliphatic carbocycles. The number of carbonyl (C=O) groups excluding carboxylic acids is 1. The summed E-state index contributed by atoms with van der Waals surface area (Å²) in [5.74, 6) is 1.98. The third kappa shape index (κ3) is 6.26. The molecule has 8 heteroatoms. The molecule has 1 N–H and O–H groups in total. The Balaban J connectivity index is 1.50. The van der Waals surface area contributed by atoms with Crippen molar-refractivity contribution in [3.63, 3.8) is 0 Å². The zero-order valence-corrected chi connectivity index (χ0v) is 20.5. The minimum atomic E-state index is -0.0531. The molecule has 0 bridgehead atoms. The van der Waals surface area contributed by atoms with Crippen molar-refractivity contribution in [2.24, 2.45) is 0 Å². The minimum absolute atomic E-state index is 0.0531. The smallest absolute Gasteiger partial charge is 0.234 e. The lowest BCUT2D eigenvalue weighted by Gasteiger charge is -2.11. The van der Waals surface area contributed by atoms with Gasteiger partial charge in [0, 0.05) is 23.7 Å². The quantitative estimate of drug-likeness (QED) is 0.306. The average Bonchev–Trinajstić information content (AvgIpc) is 3.16. The highest BCUT2D eigenvalue weighted by Gasteiger charge is 2.14. The second-order valence-electron chi connectivity index (χ2n) is 7.59. The SMILES string of the molecule is CCn1c(CCCOc2ccc(Cl)cc2C)nnc1SCC(=O)Nc1cccc(C)c1C. The van der Waals surface area contributed by atoms with Crippen LogP contribution in [0.2, 0.25) is 5.02 Å². The van der Waals surface area contributed by atoms with Gasteiger partial charge in [-0.15, -0.1) is 10.2 Å². The molecule has 0 aliphatic heterocycles. The Morgan fingerprint density at radius 2 is 1.97 bits per heavy atom. The highest BCUT2D eigenvalue weighted by atomic mass is 35.5. The number of anilines is 1. The van der Waals surface area contributed by atoms with Crippen molar-refractivity contribution in [1.29, 1.82) is 0 Å². The maximum absolute atomic E-state index is 12.4. The number of halogens is 1. The largest absolute Gasteiger partial charge is 0.493 e. The number of rotatable bonds is 10. The van der Waals surface area contributed by atoms with E-state index in [4.69, 9.17) is 16.3 Å². The van der Waals surface area contributed by atoms with Gasteiger partial charge in [-0.3, -0.25) is 4.79 Å². The van der Waals surface area contributed by atoms with Crippen molar-refractivity contribution in [3.05, 3.63) is 63.9 Å². The first-order valence-electron chi connectivity index (χ1n) is 10.7. The predicted octanol–water partition coefficient (Wildman–Crippen LogP) is 5.62. The summed E-state index contributed by atoms with van der Waals surface area (Å²) in [7, 11) is 0. The first-order chi connectivity index (χ1) is 15.4. The third-order valence-corrected chi connectivity index (χ3v) is 6.46. The fraction of sp³-hybridized carbons (Fsp3) is 0.375. The highest BCUT2D eigenvalue weighted by Crippen LogP contribution is 2.23. The summed E-state index contributed by atoms with van der Waals surface area (Å²) >= 11 is 7.40. The zero-order chi connectivity index (χ0) is 23.1. The van der Waals surface area contributed by atoms with Crippen LogP contribution in [0.25, 0.3) is 0 Å². The molecule has 1 aromatic heterocycles. The Bertz CT molecular complexity index is 1080. The van der Waals surface area contributed by atoms with Gasteiger partial charge in [0.2, 0.25) is 5.91 Å². The lowest BCUT2D eigenvalue weighted by molar-refractivity contribution is -0.113. The van der Waals surface area contributed by atoms with Crippen LogP contribution in [0.5, 0.6) is 5.75 Å². The van der Waals surface area contributed by atoms with E-state index < -0.39 is 0 Å². The molecule has 6 nitrogen and oxygen atoms in total. The number of thioether (sulfide) groups is 1. The summed E-state index contributed by atoms with van der Waals surface area (Å²) in [5, 5.41) is 13.1. The van der Waals surface area contributed by atoms with Crippen LogP contribution < -0.4 is 10.1 Å². The van der Waals surface area contributed by atoms with Gasteiger partial charge < -0.3 is 14.6 Å². The number of nitrogens with zero attached hydrogens (tertiary/aromatic N) is 3. The van der Waals surface area contributed by atoms with E-state index in [2.05, 4.69) is 27.0 Å². The molecular weight excluding hydrogens is 444 g/mol. The van der Waals surface area contributed by atoms with E-state index in [0.29, 0.717) is 11.6 Å². The maximum atomic E-state index is 12.4. The molecule has 1 amide bonds. The van der Waals surface area contributed by atoms with Crippen LogP contribution in [0, 0.1) is 20.8 Å². The molecule has 32 heavy (non-hydrogen) atoms. The number of ether oxygens (including phenoxy) is 1. The van der Waals surface area contributed by atoms with Gasteiger partial charge in [0.15, 0.2) is 5.16 Å². The number of nitrogens with one attached hydrogen (secondary N) is 1. The minimum Gasteiger partial charge on any atom is -0.493 e. The van der Waals surface area contributed by atoms with Gasteiger partial charge in [-0.2, -0.15) is 0 Å². The fourth-order valence-electron chi connectivity index (χ4n) is 3.32. The van der Waals surface area contributed by atoms with Crippen LogP contribution in [0.1, 0.15) is 35.9 Å². The first kappa shape index (κ1) is 24.1. The van der Waals surface area contributed by atoms with Gasteiger partial charge in [-0.25, -0.2) is 0 Å². The molecule has 0 radical (unpaired) electrons. The van der Waals surface area contributed by atoms with Crippen LogP contribution >= 0.6 is 23.4 Å². The van der Waals surface area contributed by atoms with Crippen LogP contribution in [0.4, 0.5) is 5.69 Å². The Morgan fingerprint density at radius 3 is 2.72 bits per heavy atom. The molecule has 0 unspecified atom stereocenters. The summed E-state index contributed by atoms with van der Waals surface area (Å²) in [6.45, 7) is 9.42. The van der Waals surface area contributed by atoms with E-state index in [1.165, 1.54) is 11.8 Å². The van der Waals surface area contributed by atoms with Gasteiger partial charge in [-0.1, -0.05) is 35.5 Å². The summed E-state index contributed by atoms with van der Waals surface area (Å²) in [5.41, 5.74) is 4.11. The summed E-state index contributed by atoms with van der Waals surface area (Å²) in [6.07, 6.45) is 1.57. The van der Waals surface area contributed by atoms with E-state index >= 15 is 0 Å². The van der Waals surface area contributed by atoms with Gasteiger partial charge in [-0.05, 0) is 75.1 Å². The number of hydrogen-bond acceptors (Lipinski definition) is 5. The van der Waals surface area contributed by atoms with Crippen LogP contribution in [0.3, 0.4) is 0 Å². The number of aryl methyl sites for hydroxylation is 3. The lowest BCUT2D eigenvalue weighted by atomic mass is 10.1. The maximum Gasteiger partial charge on any atom is 0.234 e. The van der Waals surface area contributed by atoms with Crippen molar-refractivity contribution in [3.8, 4) is 5.75 Å². The van der Waals surface area contributed by atoms with E-state index in [-0.39, 0.29) is 11.7 Å². The zero-order valence-electron chi connectivity index (χ0n) is 18.9. The summed E-state index contributed by atoms with van der Waals surface area (Å²) in [4.78, 5) is 12.4. The third-order valence-electron chi connectivity index (χ3n) is 5.26. The monoisotopic (exact) mass is 472 g/mol. The molecular formula is C24H29ClN4O2S. The van der Waals surface area contributed by atoms with Crippen LogP contribution in [-0.2, 0) is 17.8 Å². The number of aromatic nitrogens is 3. The first-order valence-corrected chi connectivity index (χ1v) is 12.0. The second kappa shape index (κ2) is 11.4. The molecule has 3 rings (SSSR count). The number of hydrogen-bond donors (Lipinski definition) is 1. The number of carbonyl (C=O) groups is 1. The van der Waals surface area contributed by atoms with Crippen molar-refractivity contribution in [2.75, 3.05) is 17.7 Å². The van der Waals surface area contributed by atoms with Gasteiger partial charge in [0.05, 0.1) is 12.4 Å². The molecule has 170 valence electrons. The Morgan fingerprint density at radius 1 is 1.16 bits per heavy atom. The predicted molar refractivity (Wildman–Crippen MR) is 131 cm³/mol. The summed E-state index contributed by atoms with van der Waals surface area (Å²) in [6, 6.07) is 11.5. The van der Waals surface area contributed by atoms with Crippen LogP contribution in [-0.4, -0.2) is 33.0 Å². The fourth-order valence-corrected chi connectivity index (χ4v) is 4.37. The Kier molecular flexibility index (Phi) is 8.59. The standard InChI is InChI=1S/C24H29ClN4O2S/c1-5-29-22(10-7-13-31-21-12-11-19(25)14-17(21)3)27-28-24(29)32-15-23(30)26-20-9-6-8-16(2)18(20)4/h6,8-9,11-12,14H,5,7,10,13,15H2,1-4H3,(H,26,30). The molecule has 0 fully saturated rings. The van der Waals surface area contributed by atoms with Crippen molar-refractivity contribution in [1.82, 2.24) is 14.8 Å². The topological polar surface area (TPSA) is 69.0 Å². The summed E-state index contributed by atoms with van der Waals surface area (Å²) < 4.78 is 7.93.